The van der Waals surface area contributed by atoms with E-state index in [0.29, 0.717) is 0 Å². The highest BCUT2D eigenvalue weighted by Gasteiger charge is 2.38. The van der Waals surface area contributed by atoms with Crippen molar-refractivity contribution in [1.82, 2.24) is 15.8 Å². The minimum Gasteiger partial charge on any atom is -0.368 e. The topological polar surface area (TPSA) is 82.7 Å². The number of fused-ring (bicyclic) bond motifs is 1. The van der Waals surface area contributed by atoms with E-state index < -0.39 is 0 Å². The minimum atomic E-state index is -0.348. The van der Waals surface area contributed by atoms with Crippen LogP contribution >= 0.6 is 0 Å². The standard InChI is InChI=1S/C8H11N5O/c9-7-11-8-10-5-3-1-2-4(5)6(14)13(8)12-7/h8,10H,1-3H2,(H3,9,11,12). The van der Waals surface area contributed by atoms with E-state index in [1.165, 1.54) is 5.01 Å². The van der Waals surface area contributed by atoms with Crippen LogP contribution in [0.15, 0.2) is 16.3 Å². The first kappa shape index (κ1) is 7.66. The maximum Gasteiger partial charge on any atom is 0.273 e. The van der Waals surface area contributed by atoms with Crippen LogP contribution in [0.25, 0.3) is 0 Å². The van der Waals surface area contributed by atoms with Crippen LogP contribution in [-0.2, 0) is 4.79 Å². The van der Waals surface area contributed by atoms with Crippen molar-refractivity contribution in [2.24, 2.45) is 10.7 Å². The lowest BCUT2D eigenvalue weighted by Gasteiger charge is -2.29. The van der Waals surface area contributed by atoms with Gasteiger partial charge < -0.3 is 11.1 Å². The lowest BCUT2D eigenvalue weighted by atomic mass is 10.2. The Morgan fingerprint density at radius 2 is 2.36 bits per heavy atom. The molecule has 0 bridgehead atoms. The molecule has 2 heterocycles. The predicted octanol–water partition coefficient (Wildman–Crippen LogP) is -1.03. The second kappa shape index (κ2) is 2.40. The van der Waals surface area contributed by atoms with Crippen molar-refractivity contribution in [3.63, 3.8) is 0 Å². The predicted molar refractivity (Wildman–Crippen MR) is 49.4 cm³/mol. The first-order valence-corrected chi connectivity index (χ1v) is 4.68. The third-order valence-corrected chi connectivity index (χ3v) is 2.74. The summed E-state index contributed by atoms with van der Waals surface area (Å²) in [6.07, 6.45) is 2.50. The van der Waals surface area contributed by atoms with Gasteiger partial charge in [0.05, 0.1) is 0 Å². The highest BCUT2D eigenvalue weighted by atomic mass is 16.2. The van der Waals surface area contributed by atoms with Gasteiger partial charge in [-0.05, 0) is 19.3 Å². The Kier molecular flexibility index (Phi) is 1.31. The summed E-state index contributed by atoms with van der Waals surface area (Å²) in [4.78, 5) is 15.9. The smallest absolute Gasteiger partial charge is 0.273 e. The molecule has 0 aromatic heterocycles. The minimum absolute atomic E-state index is 0.00505. The molecule has 0 radical (unpaired) electrons. The second-order valence-corrected chi connectivity index (χ2v) is 3.63. The fourth-order valence-electron chi connectivity index (χ4n) is 2.10. The number of hydrogen-bond donors (Lipinski definition) is 3. The van der Waals surface area contributed by atoms with Crippen molar-refractivity contribution in [1.29, 1.82) is 0 Å². The van der Waals surface area contributed by atoms with Gasteiger partial charge in [0.25, 0.3) is 5.91 Å². The highest BCUT2D eigenvalue weighted by molar-refractivity contribution is 5.98. The maximum atomic E-state index is 11.9. The largest absolute Gasteiger partial charge is 0.368 e. The first-order valence-electron chi connectivity index (χ1n) is 4.68. The van der Waals surface area contributed by atoms with Gasteiger partial charge in [-0.2, -0.15) is 0 Å². The molecule has 1 aliphatic carbocycles. The lowest BCUT2D eigenvalue weighted by Crippen LogP contribution is -2.54. The Morgan fingerprint density at radius 3 is 3.21 bits per heavy atom. The zero-order chi connectivity index (χ0) is 9.71. The van der Waals surface area contributed by atoms with Crippen molar-refractivity contribution in [3.8, 4) is 0 Å². The molecule has 1 atom stereocenters. The summed E-state index contributed by atoms with van der Waals surface area (Å²) in [7, 11) is 0. The third-order valence-electron chi connectivity index (χ3n) is 2.74. The molecule has 4 N–H and O–H groups in total. The van der Waals surface area contributed by atoms with E-state index in [0.717, 1.165) is 30.5 Å². The molecule has 14 heavy (non-hydrogen) atoms. The van der Waals surface area contributed by atoms with Crippen LogP contribution in [0.2, 0.25) is 0 Å². The van der Waals surface area contributed by atoms with E-state index in [1.54, 1.807) is 0 Å². The van der Waals surface area contributed by atoms with E-state index >= 15 is 0 Å². The average Bonchev–Trinajstić information content (AvgIpc) is 2.71. The van der Waals surface area contributed by atoms with E-state index in [-0.39, 0.29) is 18.2 Å². The second-order valence-electron chi connectivity index (χ2n) is 3.63. The summed E-state index contributed by atoms with van der Waals surface area (Å²) in [6, 6.07) is 0. The van der Waals surface area contributed by atoms with Gasteiger partial charge in [-0.3, -0.25) is 10.2 Å². The van der Waals surface area contributed by atoms with Crippen molar-refractivity contribution < 1.29 is 4.79 Å². The summed E-state index contributed by atoms with van der Waals surface area (Å²) in [5.74, 6) is 0.294. The molecular formula is C8H11N5O. The number of guanidine groups is 1. The number of hydrazine groups is 1. The Balaban J connectivity index is 1.97. The molecule has 3 rings (SSSR count). The average molecular weight is 193 g/mol. The van der Waals surface area contributed by atoms with Crippen molar-refractivity contribution in [2.75, 3.05) is 0 Å². The van der Waals surface area contributed by atoms with Crippen LogP contribution < -0.4 is 16.5 Å². The Hall–Kier alpha value is -1.72. The number of amides is 1. The summed E-state index contributed by atoms with van der Waals surface area (Å²) < 4.78 is 0. The maximum absolute atomic E-state index is 11.9. The fraction of sp³-hybridized carbons (Fsp3) is 0.500. The van der Waals surface area contributed by atoms with E-state index in [1.807, 2.05) is 0 Å². The third kappa shape index (κ3) is 0.850. The van der Waals surface area contributed by atoms with Crippen LogP contribution in [0.4, 0.5) is 0 Å². The zero-order valence-electron chi connectivity index (χ0n) is 7.58. The molecule has 6 heteroatoms. The lowest BCUT2D eigenvalue weighted by molar-refractivity contribution is -0.132. The quantitative estimate of drug-likeness (QED) is 0.459. The molecular weight excluding hydrogens is 182 g/mol. The SMILES string of the molecule is NC1=NC2NC3=C(CCC3)C(=O)N2N1. The van der Waals surface area contributed by atoms with Gasteiger partial charge in [-0.25, -0.2) is 10.0 Å². The number of carbonyl (C=O) groups excluding carboxylic acids is 1. The molecule has 2 aliphatic heterocycles. The molecule has 3 aliphatic rings. The number of hydrogen-bond acceptors (Lipinski definition) is 5. The van der Waals surface area contributed by atoms with Crippen molar-refractivity contribution in [3.05, 3.63) is 11.3 Å². The van der Waals surface area contributed by atoms with Crippen molar-refractivity contribution >= 4 is 11.9 Å². The molecule has 74 valence electrons. The highest BCUT2D eigenvalue weighted by Crippen LogP contribution is 2.30. The molecule has 1 amide bonds. The Morgan fingerprint density at radius 1 is 1.50 bits per heavy atom. The molecule has 0 saturated carbocycles. The van der Waals surface area contributed by atoms with Gasteiger partial charge in [0.2, 0.25) is 12.2 Å². The Labute approximate surface area is 80.8 Å². The summed E-state index contributed by atoms with van der Waals surface area (Å²) in [5, 5.41) is 4.64. The monoisotopic (exact) mass is 193 g/mol. The number of nitrogens with zero attached hydrogens (tertiary/aromatic N) is 2. The molecule has 0 spiro atoms. The van der Waals surface area contributed by atoms with Crippen LogP contribution in [-0.4, -0.2) is 23.2 Å². The number of nitrogens with one attached hydrogen (secondary N) is 2. The normalized spacial score (nSPS) is 29.4. The van der Waals surface area contributed by atoms with Gasteiger partial charge in [0, 0.05) is 11.3 Å². The number of rotatable bonds is 0. The van der Waals surface area contributed by atoms with Crippen LogP contribution in [0.3, 0.4) is 0 Å². The van der Waals surface area contributed by atoms with Gasteiger partial charge in [0.15, 0.2) is 0 Å². The summed E-state index contributed by atoms with van der Waals surface area (Å²) in [5.41, 5.74) is 10.1. The Bertz CT molecular complexity index is 372. The van der Waals surface area contributed by atoms with Crippen LogP contribution in [0, 0.1) is 0 Å². The molecule has 6 nitrogen and oxygen atoms in total. The molecule has 0 aromatic rings. The van der Waals surface area contributed by atoms with Crippen LogP contribution in [0.1, 0.15) is 19.3 Å². The zero-order valence-corrected chi connectivity index (χ0v) is 7.58. The van der Waals surface area contributed by atoms with Gasteiger partial charge in [-0.15, -0.1) is 0 Å². The summed E-state index contributed by atoms with van der Waals surface area (Å²) >= 11 is 0. The van der Waals surface area contributed by atoms with Gasteiger partial charge in [-0.1, -0.05) is 0 Å². The van der Waals surface area contributed by atoms with Crippen LogP contribution in [0.5, 0.6) is 0 Å². The fourth-order valence-corrected chi connectivity index (χ4v) is 2.10. The first-order chi connectivity index (χ1) is 6.75. The van der Waals surface area contributed by atoms with Gasteiger partial charge >= 0.3 is 0 Å². The summed E-state index contributed by atoms with van der Waals surface area (Å²) in [6.45, 7) is 0. The number of allylic oxidation sites excluding steroid dienone is 1. The number of aliphatic imine (C=N–C) groups is 1. The van der Waals surface area contributed by atoms with Gasteiger partial charge in [0.1, 0.15) is 0 Å². The number of nitrogens with two attached hydrogens (primary N) is 1. The number of carbonyl (C=O) groups is 1. The van der Waals surface area contributed by atoms with E-state index in [4.69, 9.17) is 5.73 Å². The molecule has 1 unspecified atom stereocenters. The molecule has 0 fully saturated rings. The van der Waals surface area contributed by atoms with E-state index in [9.17, 15) is 4.79 Å². The molecule has 0 saturated heterocycles. The molecule has 0 aromatic carbocycles. The van der Waals surface area contributed by atoms with Crippen molar-refractivity contribution in [2.45, 2.75) is 25.6 Å². The van der Waals surface area contributed by atoms with E-state index in [2.05, 4.69) is 15.7 Å².